The third kappa shape index (κ3) is 3.58. The molecule has 0 unspecified atom stereocenters. The smallest absolute Gasteiger partial charge is 0.271 e. The van der Waals surface area contributed by atoms with Crippen LogP contribution >= 0.6 is 11.6 Å². The average Bonchev–Trinajstić information content (AvgIpc) is 2.42. The van der Waals surface area contributed by atoms with Crippen molar-refractivity contribution in [3.63, 3.8) is 0 Å². The first-order valence-electron chi connectivity index (χ1n) is 6.05. The van der Waals surface area contributed by atoms with Gasteiger partial charge in [-0.1, -0.05) is 11.6 Å². The fourth-order valence-electron chi connectivity index (χ4n) is 1.72. The summed E-state index contributed by atoms with van der Waals surface area (Å²) >= 11 is 5.82. The summed E-state index contributed by atoms with van der Waals surface area (Å²) in [6.07, 6.45) is 0.419. The molecule has 0 aliphatic carbocycles. The lowest BCUT2D eigenvalue weighted by atomic mass is 10.1. The van der Waals surface area contributed by atoms with Crippen LogP contribution in [0.5, 0.6) is 0 Å². The minimum absolute atomic E-state index is 0.00369. The van der Waals surface area contributed by atoms with Gasteiger partial charge in [0.15, 0.2) is 0 Å². The number of nitrogen functional groups attached to an aromatic ring is 1. The van der Waals surface area contributed by atoms with Gasteiger partial charge in [-0.3, -0.25) is 14.9 Å². The Bertz CT molecular complexity index is 522. The van der Waals surface area contributed by atoms with Crippen LogP contribution in [-0.2, 0) is 0 Å². The van der Waals surface area contributed by atoms with Crippen LogP contribution in [0.15, 0.2) is 12.1 Å². The number of halogens is 1. The van der Waals surface area contributed by atoms with Crippen LogP contribution < -0.4 is 5.73 Å². The number of nitro groups is 1. The van der Waals surface area contributed by atoms with Crippen molar-refractivity contribution in [3.8, 4) is 0 Å². The molecule has 0 aliphatic rings. The van der Waals surface area contributed by atoms with Gasteiger partial charge in [0.1, 0.15) is 0 Å². The van der Waals surface area contributed by atoms with E-state index in [4.69, 9.17) is 22.4 Å². The molecule has 0 heterocycles. The molecule has 1 amide bonds. The number of nitro benzene ring substituents is 1. The van der Waals surface area contributed by atoms with Crippen molar-refractivity contribution in [1.29, 1.82) is 0 Å². The van der Waals surface area contributed by atoms with E-state index >= 15 is 0 Å². The molecule has 0 spiro atoms. The topological polar surface area (TPSA) is 110 Å². The Labute approximate surface area is 121 Å². The van der Waals surface area contributed by atoms with Gasteiger partial charge in [0.2, 0.25) is 0 Å². The molecule has 0 aromatic heterocycles. The average molecular weight is 302 g/mol. The first-order chi connectivity index (χ1) is 9.42. The Hall–Kier alpha value is -1.86. The Morgan fingerprint density at radius 1 is 1.55 bits per heavy atom. The summed E-state index contributed by atoms with van der Waals surface area (Å²) in [6, 6.07) is 2.23. The van der Waals surface area contributed by atoms with Crippen LogP contribution in [0.1, 0.15) is 23.7 Å². The second-order valence-corrected chi connectivity index (χ2v) is 4.52. The molecular weight excluding hydrogens is 286 g/mol. The van der Waals surface area contributed by atoms with Crippen molar-refractivity contribution in [3.05, 3.63) is 32.8 Å². The van der Waals surface area contributed by atoms with Crippen LogP contribution in [0, 0.1) is 10.1 Å². The van der Waals surface area contributed by atoms with E-state index in [1.807, 2.05) is 0 Å². The molecule has 7 nitrogen and oxygen atoms in total. The van der Waals surface area contributed by atoms with E-state index in [-0.39, 0.29) is 28.6 Å². The van der Waals surface area contributed by atoms with Gasteiger partial charge in [0, 0.05) is 31.8 Å². The van der Waals surface area contributed by atoms with Crippen molar-refractivity contribution in [2.75, 3.05) is 25.4 Å². The number of anilines is 1. The SMILES string of the molecule is CCN(CCCO)C(=O)c1cc([N+](=O)[O-])cc(Cl)c1N. The molecule has 0 fully saturated rings. The van der Waals surface area contributed by atoms with Crippen LogP contribution in [0.2, 0.25) is 5.02 Å². The van der Waals surface area contributed by atoms with Gasteiger partial charge in [0.25, 0.3) is 11.6 Å². The number of hydrogen-bond acceptors (Lipinski definition) is 5. The number of carbonyl (C=O) groups excluding carboxylic acids is 1. The van der Waals surface area contributed by atoms with Crippen molar-refractivity contribution in [2.24, 2.45) is 0 Å². The summed E-state index contributed by atoms with van der Waals surface area (Å²) < 4.78 is 0. The van der Waals surface area contributed by atoms with Crippen molar-refractivity contribution < 1.29 is 14.8 Å². The number of nitrogens with two attached hydrogens (primary N) is 1. The molecule has 0 radical (unpaired) electrons. The highest BCUT2D eigenvalue weighted by molar-refractivity contribution is 6.34. The Morgan fingerprint density at radius 2 is 2.20 bits per heavy atom. The van der Waals surface area contributed by atoms with Crippen LogP contribution in [0.25, 0.3) is 0 Å². The predicted octanol–water partition coefficient (Wildman–Crippen LogP) is 1.67. The highest BCUT2D eigenvalue weighted by atomic mass is 35.5. The molecule has 110 valence electrons. The first-order valence-corrected chi connectivity index (χ1v) is 6.43. The monoisotopic (exact) mass is 301 g/mol. The summed E-state index contributed by atoms with van der Waals surface area (Å²) in [7, 11) is 0. The van der Waals surface area contributed by atoms with Crippen molar-refractivity contribution >= 4 is 28.9 Å². The Morgan fingerprint density at radius 3 is 2.70 bits per heavy atom. The van der Waals surface area contributed by atoms with E-state index in [1.165, 1.54) is 4.90 Å². The third-order valence-electron chi connectivity index (χ3n) is 2.81. The van der Waals surface area contributed by atoms with E-state index in [0.717, 1.165) is 12.1 Å². The van der Waals surface area contributed by atoms with Gasteiger partial charge in [-0.05, 0) is 13.3 Å². The number of rotatable bonds is 6. The van der Waals surface area contributed by atoms with Gasteiger partial charge < -0.3 is 15.7 Å². The lowest BCUT2D eigenvalue weighted by molar-refractivity contribution is -0.384. The number of non-ortho nitro benzene ring substituents is 1. The van der Waals surface area contributed by atoms with E-state index in [0.29, 0.717) is 19.5 Å². The van der Waals surface area contributed by atoms with Gasteiger partial charge in [-0.25, -0.2) is 0 Å². The highest BCUT2D eigenvalue weighted by Gasteiger charge is 2.22. The number of nitrogens with zero attached hydrogens (tertiary/aromatic N) is 2. The Kier molecular flexibility index (Phi) is 5.72. The van der Waals surface area contributed by atoms with Crippen LogP contribution in [-0.4, -0.2) is 40.5 Å². The van der Waals surface area contributed by atoms with Crippen molar-refractivity contribution in [2.45, 2.75) is 13.3 Å². The zero-order valence-electron chi connectivity index (χ0n) is 11.0. The fourth-order valence-corrected chi connectivity index (χ4v) is 1.93. The van der Waals surface area contributed by atoms with E-state index < -0.39 is 10.8 Å². The molecule has 0 saturated carbocycles. The number of hydrogen-bond donors (Lipinski definition) is 2. The quantitative estimate of drug-likeness (QED) is 0.472. The lowest BCUT2D eigenvalue weighted by Gasteiger charge is -2.21. The number of amides is 1. The standard InChI is InChI=1S/C12H16ClN3O4/c1-2-15(4-3-5-17)12(18)9-6-8(16(19)20)7-10(13)11(9)14/h6-7,17H,2-5,14H2,1H3. The zero-order valence-corrected chi connectivity index (χ0v) is 11.8. The molecule has 8 heteroatoms. The number of aliphatic hydroxyl groups excluding tert-OH is 1. The second kappa shape index (κ2) is 7.06. The minimum Gasteiger partial charge on any atom is -0.397 e. The normalized spacial score (nSPS) is 10.3. The highest BCUT2D eigenvalue weighted by Crippen LogP contribution is 2.29. The van der Waals surface area contributed by atoms with Crippen LogP contribution in [0.3, 0.4) is 0 Å². The van der Waals surface area contributed by atoms with E-state index in [1.54, 1.807) is 6.92 Å². The van der Waals surface area contributed by atoms with Gasteiger partial charge >= 0.3 is 0 Å². The lowest BCUT2D eigenvalue weighted by Crippen LogP contribution is -2.32. The van der Waals surface area contributed by atoms with Gasteiger partial charge in [-0.2, -0.15) is 0 Å². The number of aliphatic hydroxyl groups is 1. The second-order valence-electron chi connectivity index (χ2n) is 4.11. The number of benzene rings is 1. The predicted molar refractivity (Wildman–Crippen MR) is 75.8 cm³/mol. The molecule has 0 atom stereocenters. The summed E-state index contributed by atoms with van der Waals surface area (Å²) in [4.78, 5) is 23.9. The molecular formula is C12H16ClN3O4. The molecule has 0 aliphatic heterocycles. The largest absolute Gasteiger partial charge is 0.397 e. The molecule has 3 N–H and O–H groups in total. The van der Waals surface area contributed by atoms with Gasteiger partial charge in [-0.15, -0.1) is 0 Å². The molecule has 0 bridgehead atoms. The molecule has 1 rings (SSSR count). The fraction of sp³-hybridized carbons (Fsp3) is 0.417. The Balaban J connectivity index is 3.16. The summed E-state index contributed by atoms with van der Waals surface area (Å²) in [5.41, 5.74) is 5.46. The molecule has 0 saturated heterocycles. The maximum Gasteiger partial charge on any atom is 0.271 e. The van der Waals surface area contributed by atoms with Crippen LogP contribution in [0.4, 0.5) is 11.4 Å². The summed E-state index contributed by atoms with van der Waals surface area (Å²) in [5, 5.41) is 19.6. The van der Waals surface area contributed by atoms with E-state index in [2.05, 4.69) is 0 Å². The maximum absolute atomic E-state index is 12.3. The third-order valence-corrected chi connectivity index (χ3v) is 3.12. The molecule has 20 heavy (non-hydrogen) atoms. The first kappa shape index (κ1) is 16.2. The summed E-state index contributed by atoms with van der Waals surface area (Å²) in [6.45, 7) is 2.46. The summed E-state index contributed by atoms with van der Waals surface area (Å²) in [5.74, 6) is -0.441. The van der Waals surface area contributed by atoms with Crippen molar-refractivity contribution in [1.82, 2.24) is 4.90 Å². The minimum atomic E-state index is -0.633. The molecule has 1 aromatic rings. The zero-order chi connectivity index (χ0) is 15.3. The maximum atomic E-state index is 12.3. The molecule has 1 aromatic carbocycles. The van der Waals surface area contributed by atoms with E-state index in [9.17, 15) is 14.9 Å². The number of carbonyl (C=O) groups is 1. The van der Waals surface area contributed by atoms with Gasteiger partial charge in [0.05, 0.1) is 21.2 Å².